The number of carbonyl (C=O) groups is 2. The van der Waals surface area contributed by atoms with Gasteiger partial charge < -0.3 is 9.26 Å². The number of likely N-dealkylation sites (tertiary alicyclic amines) is 1. The van der Waals surface area contributed by atoms with Gasteiger partial charge in [0.05, 0.1) is 19.6 Å². The summed E-state index contributed by atoms with van der Waals surface area (Å²) in [5.41, 5.74) is 1.32. The van der Waals surface area contributed by atoms with E-state index in [1.54, 1.807) is 20.1 Å². The van der Waals surface area contributed by atoms with E-state index in [2.05, 4.69) is 22.2 Å². The Morgan fingerprint density at radius 2 is 1.90 bits per heavy atom. The van der Waals surface area contributed by atoms with Crippen molar-refractivity contribution in [2.75, 3.05) is 25.1 Å². The molecule has 2 amide bonds. The third-order valence-corrected chi connectivity index (χ3v) is 6.06. The molecule has 7 nitrogen and oxygen atoms in total. The Morgan fingerprint density at radius 3 is 2.52 bits per heavy atom. The van der Waals surface area contributed by atoms with E-state index in [0.29, 0.717) is 17.5 Å². The highest BCUT2D eigenvalue weighted by Crippen LogP contribution is 2.30. The maximum atomic E-state index is 12.8. The first kappa shape index (κ1) is 19.6. The van der Waals surface area contributed by atoms with Gasteiger partial charge in [-0.25, -0.2) is 4.90 Å². The van der Waals surface area contributed by atoms with Crippen LogP contribution < -0.4 is 9.64 Å². The lowest BCUT2D eigenvalue weighted by atomic mass is 9.90. The second-order valence-corrected chi connectivity index (χ2v) is 7.95. The van der Waals surface area contributed by atoms with Crippen LogP contribution in [0.2, 0.25) is 0 Å². The van der Waals surface area contributed by atoms with E-state index in [4.69, 9.17) is 9.26 Å². The average molecular weight is 397 g/mol. The number of imide groups is 1. The molecular weight excluding hydrogens is 370 g/mol. The van der Waals surface area contributed by atoms with E-state index in [0.717, 1.165) is 44.5 Å². The maximum absolute atomic E-state index is 12.8. The second kappa shape index (κ2) is 8.37. The van der Waals surface area contributed by atoms with Crippen LogP contribution in [0.1, 0.15) is 37.0 Å². The minimum atomic E-state index is -0.373. The van der Waals surface area contributed by atoms with E-state index in [-0.39, 0.29) is 24.3 Å². The van der Waals surface area contributed by atoms with Gasteiger partial charge in [-0.1, -0.05) is 17.3 Å². The number of hydrogen-bond acceptors (Lipinski definition) is 6. The molecule has 2 aromatic rings. The molecule has 154 valence electrons. The van der Waals surface area contributed by atoms with E-state index < -0.39 is 0 Å². The van der Waals surface area contributed by atoms with Crippen LogP contribution >= 0.6 is 0 Å². The van der Waals surface area contributed by atoms with Crippen molar-refractivity contribution < 1.29 is 18.8 Å². The third-order valence-electron chi connectivity index (χ3n) is 6.06. The van der Waals surface area contributed by atoms with Crippen molar-refractivity contribution in [1.82, 2.24) is 10.1 Å². The molecule has 0 spiro atoms. The quantitative estimate of drug-likeness (QED) is 0.698. The van der Waals surface area contributed by atoms with E-state index in [9.17, 15) is 9.59 Å². The summed E-state index contributed by atoms with van der Waals surface area (Å²) in [6, 6.07) is 9.50. The Kier molecular flexibility index (Phi) is 5.67. The molecule has 7 heteroatoms. The molecule has 0 aliphatic carbocycles. The predicted octanol–water partition coefficient (Wildman–Crippen LogP) is 2.97. The number of aryl methyl sites for hydroxylation is 2. The van der Waals surface area contributed by atoms with Crippen molar-refractivity contribution in [2.24, 2.45) is 5.92 Å². The molecule has 2 aliphatic rings. The van der Waals surface area contributed by atoms with Gasteiger partial charge in [0.1, 0.15) is 11.5 Å². The lowest BCUT2D eigenvalue weighted by Gasteiger charge is -2.34. The highest BCUT2D eigenvalue weighted by Gasteiger charge is 2.44. The molecule has 29 heavy (non-hydrogen) atoms. The van der Waals surface area contributed by atoms with Crippen LogP contribution in [0.5, 0.6) is 5.75 Å². The zero-order chi connectivity index (χ0) is 20.4. The first-order valence-electron chi connectivity index (χ1n) is 10.2. The fourth-order valence-electron chi connectivity index (χ4n) is 4.32. The summed E-state index contributed by atoms with van der Waals surface area (Å²) in [7, 11) is 1.68. The SMILES string of the molecule is COc1ccc(CCC2CCN([C@@H]3CC(=O)N(c4cc(C)on4)C3=O)CC2)cc1. The Bertz CT molecular complexity index is 868. The fraction of sp³-hybridized carbons (Fsp3) is 0.500. The van der Waals surface area contributed by atoms with Crippen LogP contribution in [0.15, 0.2) is 34.9 Å². The molecule has 1 aromatic heterocycles. The van der Waals surface area contributed by atoms with Crippen molar-refractivity contribution in [3.63, 3.8) is 0 Å². The smallest absolute Gasteiger partial charge is 0.252 e. The van der Waals surface area contributed by atoms with Crippen LogP contribution in [0.25, 0.3) is 0 Å². The minimum Gasteiger partial charge on any atom is -0.497 e. The van der Waals surface area contributed by atoms with E-state index in [1.807, 2.05) is 12.1 Å². The van der Waals surface area contributed by atoms with Gasteiger partial charge in [-0.15, -0.1) is 0 Å². The topological polar surface area (TPSA) is 75.9 Å². The van der Waals surface area contributed by atoms with Crippen molar-refractivity contribution in [3.05, 3.63) is 41.7 Å². The number of amides is 2. The normalized spacial score (nSPS) is 21.2. The monoisotopic (exact) mass is 397 g/mol. The van der Waals surface area contributed by atoms with Crippen LogP contribution in [0, 0.1) is 12.8 Å². The van der Waals surface area contributed by atoms with Gasteiger partial charge in [0, 0.05) is 6.07 Å². The number of nitrogens with zero attached hydrogens (tertiary/aromatic N) is 3. The molecule has 0 unspecified atom stereocenters. The van der Waals surface area contributed by atoms with Gasteiger partial charge in [0.25, 0.3) is 5.91 Å². The molecule has 3 heterocycles. The maximum Gasteiger partial charge on any atom is 0.252 e. The zero-order valence-electron chi connectivity index (χ0n) is 17.0. The standard InChI is InChI=1S/C22H27N3O4/c1-15-13-20(23-29-15)25-21(26)14-19(22(25)27)24-11-9-17(10-12-24)4-3-16-5-7-18(28-2)8-6-16/h5-8,13,17,19H,3-4,9-12,14H2,1-2H3/t19-/m1/s1. The zero-order valence-corrected chi connectivity index (χ0v) is 17.0. The molecule has 2 aliphatic heterocycles. The summed E-state index contributed by atoms with van der Waals surface area (Å²) < 4.78 is 10.2. The van der Waals surface area contributed by atoms with Crippen LogP contribution in [0.3, 0.4) is 0 Å². The lowest BCUT2D eigenvalue weighted by molar-refractivity contribution is -0.123. The first-order chi connectivity index (χ1) is 14.0. The van der Waals surface area contributed by atoms with Gasteiger partial charge >= 0.3 is 0 Å². The molecule has 4 rings (SSSR count). The summed E-state index contributed by atoms with van der Waals surface area (Å²) in [5.74, 6) is 2.04. The summed E-state index contributed by atoms with van der Waals surface area (Å²) >= 11 is 0. The molecule has 0 bridgehead atoms. The second-order valence-electron chi connectivity index (χ2n) is 7.95. The fourth-order valence-corrected chi connectivity index (χ4v) is 4.32. The summed E-state index contributed by atoms with van der Waals surface area (Å²) in [5, 5.41) is 3.84. The molecule has 2 fully saturated rings. The van der Waals surface area contributed by atoms with Crippen LogP contribution in [0.4, 0.5) is 5.82 Å². The minimum absolute atomic E-state index is 0.181. The first-order valence-corrected chi connectivity index (χ1v) is 10.2. The number of aromatic nitrogens is 1. The molecule has 0 N–H and O–H groups in total. The van der Waals surface area contributed by atoms with Gasteiger partial charge in [-0.05, 0) is 69.3 Å². The number of carbonyl (C=O) groups excluding carboxylic acids is 2. The number of rotatable bonds is 6. The number of ether oxygens (including phenoxy) is 1. The van der Waals surface area contributed by atoms with Crippen LogP contribution in [-0.2, 0) is 16.0 Å². The Morgan fingerprint density at radius 1 is 1.17 bits per heavy atom. The highest BCUT2D eigenvalue weighted by atomic mass is 16.5. The van der Waals surface area contributed by atoms with E-state index in [1.165, 1.54) is 10.5 Å². The molecule has 0 radical (unpaired) electrons. The summed E-state index contributed by atoms with van der Waals surface area (Å²) in [6.45, 7) is 3.45. The van der Waals surface area contributed by atoms with Crippen molar-refractivity contribution in [3.8, 4) is 5.75 Å². The molecule has 1 aromatic carbocycles. The van der Waals surface area contributed by atoms with Gasteiger partial charge in [0.2, 0.25) is 5.91 Å². The van der Waals surface area contributed by atoms with Gasteiger partial charge in [-0.3, -0.25) is 14.5 Å². The predicted molar refractivity (Wildman–Crippen MR) is 108 cm³/mol. The van der Waals surface area contributed by atoms with Crippen molar-refractivity contribution in [1.29, 1.82) is 0 Å². The third kappa shape index (κ3) is 4.19. The molecule has 2 saturated heterocycles. The van der Waals surface area contributed by atoms with Gasteiger partial charge in [0.15, 0.2) is 5.82 Å². The van der Waals surface area contributed by atoms with E-state index >= 15 is 0 Å². The van der Waals surface area contributed by atoms with Crippen molar-refractivity contribution in [2.45, 2.75) is 45.1 Å². The van der Waals surface area contributed by atoms with Crippen LogP contribution in [-0.4, -0.2) is 48.1 Å². The Labute approximate surface area is 170 Å². The molecular formula is C22H27N3O4. The molecule has 0 saturated carbocycles. The van der Waals surface area contributed by atoms with Crippen molar-refractivity contribution >= 4 is 17.6 Å². The Balaban J connectivity index is 1.29. The highest BCUT2D eigenvalue weighted by molar-refractivity contribution is 6.21. The molecule has 1 atom stereocenters. The number of piperidine rings is 1. The largest absolute Gasteiger partial charge is 0.497 e. The Hall–Kier alpha value is -2.67. The number of anilines is 1. The number of methoxy groups -OCH3 is 1. The average Bonchev–Trinajstić information content (AvgIpc) is 3.29. The van der Waals surface area contributed by atoms with Gasteiger partial charge in [-0.2, -0.15) is 0 Å². The summed E-state index contributed by atoms with van der Waals surface area (Å²) in [4.78, 5) is 28.6. The number of hydrogen-bond donors (Lipinski definition) is 0. The number of benzene rings is 1. The summed E-state index contributed by atoms with van der Waals surface area (Å²) in [6.07, 6.45) is 4.52. The lowest BCUT2D eigenvalue weighted by Crippen LogP contribution is -2.46.